The number of nitrogens with one attached hydrogen (secondary N) is 2. The van der Waals surface area contributed by atoms with Gasteiger partial charge in [0, 0.05) is 12.1 Å². The normalized spacial score (nSPS) is 10.3. The molecule has 1 aromatic heterocycles. The average Bonchev–Trinajstić information content (AvgIpc) is 3.13. The quantitative estimate of drug-likeness (QED) is 0.718. The first-order chi connectivity index (χ1) is 12.7. The second-order valence-corrected chi connectivity index (χ2v) is 5.66. The number of benzene rings is 2. The molecule has 132 valence electrons. The summed E-state index contributed by atoms with van der Waals surface area (Å²) in [6, 6.07) is 20.8. The molecule has 3 aromatic rings. The average molecular weight is 348 g/mol. The van der Waals surface area contributed by atoms with Crippen molar-refractivity contribution in [1.82, 2.24) is 20.4 Å². The van der Waals surface area contributed by atoms with Crippen molar-refractivity contribution >= 4 is 11.8 Å². The van der Waals surface area contributed by atoms with Crippen molar-refractivity contribution in [2.24, 2.45) is 0 Å². The van der Waals surface area contributed by atoms with Crippen molar-refractivity contribution in [3.05, 3.63) is 72.4 Å². The van der Waals surface area contributed by atoms with Crippen molar-refractivity contribution in [2.45, 2.75) is 6.92 Å². The fourth-order valence-corrected chi connectivity index (χ4v) is 2.57. The van der Waals surface area contributed by atoms with Gasteiger partial charge >= 0.3 is 0 Å². The molecular formula is C20H20N4O2. The number of rotatable bonds is 6. The highest BCUT2D eigenvalue weighted by atomic mass is 16.2. The predicted molar refractivity (Wildman–Crippen MR) is 100 cm³/mol. The number of carbonyl (C=O) groups excluding carboxylic acids is 2. The minimum absolute atomic E-state index is 0.0761. The van der Waals surface area contributed by atoms with Gasteiger partial charge in [-0.1, -0.05) is 48.5 Å². The zero-order chi connectivity index (χ0) is 18.4. The third-order valence-electron chi connectivity index (χ3n) is 3.80. The maximum Gasteiger partial charge on any atom is 0.270 e. The van der Waals surface area contributed by atoms with Crippen LogP contribution in [0.5, 0.6) is 0 Å². The second-order valence-electron chi connectivity index (χ2n) is 5.66. The SMILES string of the molecule is CCNC(=O)CNC(=O)c1cc(-c2ccccc2)nn1-c1ccccc1. The second kappa shape index (κ2) is 8.11. The molecule has 6 heteroatoms. The lowest BCUT2D eigenvalue weighted by Gasteiger charge is -2.08. The van der Waals surface area contributed by atoms with Crippen LogP contribution >= 0.6 is 0 Å². The summed E-state index contributed by atoms with van der Waals surface area (Å²) in [6.45, 7) is 2.28. The Kier molecular flexibility index (Phi) is 5.43. The highest BCUT2D eigenvalue weighted by Crippen LogP contribution is 2.21. The van der Waals surface area contributed by atoms with Crippen LogP contribution in [0.25, 0.3) is 16.9 Å². The highest BCUT2D eigenvalue weighted by molar-refractivity contribution is 5.96. The molecule has 2 amide bonds. The lowest BCUT2D eigenvalue weighted by atomic mass is 10.1. The molecule has 3 rings (SSSR count). The number of nitrogens with zero attached hydrogens (tertiary/aromatic N) is 2. The Labute approximate surface area is 151 Å². The Hall–Kier alpha value is -3.41. The van der Waals surface area contributed by atoms with Crippen LogP contribution in [0.4, 0.5) is 0 Å². The molecule has 0 fully saturated rings. The van der Waals surface area contributed by atoms with Crippen molar-refractivity contribution in [2.75, 3.05) is 13.1 Å². The minimum atomic E-state index is -0.352. The molecule has 0 bridgehead atoms. The first-order valence-corrected chi connectivity index (χ1v) is 8.45. The van der Waals surface area contributed by atoms with Gasteiger partial charge < -0.3 is 10.6 Å². The van der Waals surface area contributed by atoms with Gasteiger partial charge in [-0.2, -0.15) is 5.10 Å². The molecule has 0 aliphatic heterocycles. The number of hydrogen-bond acceptors (Lipinski definition) is 3. The van der Waals surface area contributed by atoms with Gasteiger partial charge in [-0.25, -0.2) is 4.68 Å². The van der Waals surface area contributed by atoms with Crippen LogP contribution in [0.15, 0.2) is 66.7 Å². The number of carbonyl (C=O) groups is 2. The van der Waals surface area contributed by atoms with E-state index in [1.165, 1.54) is 0 Å². The van der Waals surface area contributed by atoms with E-state index in [-0.39, 0.29) is 18.4 Å². The molecule has 0 atom stereocenters. The number of hydrogen-bond donors (Lipinski definition) is 2. The van der Waals surface area contributed by atoms with E-state index in [1.54, 1.807) is 10.7 Å². The first kappa shape index (κ1) is 17.4. The summed E-state index contributed by atoms with van der Waals surface area (Å²) in [5.74, 6) is -0.579. The number of aromatic nitrogens is 2. The van der Waals surface area contributed by atoms with Crippen LogP contribution in [0.1, 0.15) is 17.4 Å². The standard InChI is InChI=1S/C20H20N4O2/c1-2-21-19(25)14-22-20(26)18-13-17(15-9-5-3-6-10-15)23-24(18)16-11-7-4-8-12-16/h3-13H,2,14H2,1H3,(H,21,25)(H,22,26). The molecule has 6 nitrogen and oxygen atoms in total. The zero-order valence-electron chi connectivity index (χ0n) is 14.5. The van der Waals surface area contributed by atoms with Crippen LogP contribution < -0.4 is 10.6 Å². The van der Waals surface area contributed by atoms with E-state index in [0.717, 1.165) is 11.3 Å². The van der Waals surface area contributed by atoms with E-state index in [4.69, 9.17) is 0 Å². The fraction of sp³-hybridized carbons (Fsp3) is 0.150. The smallest absolute Gasteiger partial charge is 0.270 e. The monoisotopic (exact) mass is 348 g/mol. The lowest BCUT2D eigenvalue weighted by Crippen LogP contribution is -2.37. The summed E-state index contributed by atoms with van der Waals surface area (Å²) in [5.41, 5.74) is 2.76. The Morgan fingerprint density at radius 2 is 1.62 bits per heavy atom. The van der Waals surface area contributed by atoms with E-state index in [9.17, 15) is 9.59 Å². The zero-order valence-corrected chi connectivity index (χ0v) is 14.5. The Bertz CT molecular complexity index is 889. The Morgan fingerprint density at radius 1 is 0.962 bits per heavy atom. The van der Waals surface area contributed by atoms with Crippen molar-refractivity contribution in [1.29, 1.82) is 0 Å². The van der Waals surface area contributed by atoms with Crippen molar-refractivity contribution in [3.63, 3.8) is 0 Å². The van der Waals surface area contributed by atoms with E-state index >= 15 is 0 Å². The number of amides is 2. The van der Waals surface area contributed by atoms with Gasteiger partial charge in [-0.05, 0) is 25.1 Å². The summed E-state index contributed by atoms with van der Waals surface area (Å²) in [5, 5.41) is 9.89. The molecule has 1 heterocycles. The van der Waals surface area contributed by atoms with Gasteiger partial charge in [-0.3, -0.25) is 9.59 Å². The Balaban J connectivity index is 1.93. The molecule has 26 heavy (non-hydrogen) atoms. The van der Waals surface area contributed by atoms with Gasteiger partial charge in [0.25, 0.3) is 5.91 Å². The molecule has 0 radical (unpaired) electrons. The molecule has 2 aromatic carbocycles. The van der Waals surface area contributed by atoms with E-state index in [2.05, 4.69) is 15.7 Å². The summed E-state index contributed by atoms with van der Waals surface area (Å²) < 4.78 is 1.59. The minimum Gasteiger partial charge on any atom is -0.355 e. The van der Waals surface area contributed by atoms with Gasteiger partial charge in [0.05, 0.1) is 17.9 Å². The van der Waals surface area contributed by atoms with Gasteiger partial charge in [-0.15, -0.1) is 0 Å². The summed E-state index contributed by atoms with van der Waals surface area (Å²) >= 11 is 0. The molecule has 0 aliphatic carbocycles. The largest absolute Gasteiger partial charge is 0.355 e. The number of para-hydroxylation sites is 1. The molecule has 0 spiro atoms. The van der Waals surface area contributed by atoms with E-state index < -0.39 is 0 Å². The van der Waals surface area contributed by atoms with E-state index in [1.807, 2.05) is 67.6 Å². The maximum absolute atomic E-state index is 12.6. The molecule has 0 aliphatic rings. The summed E-state index contributed by atoms with van der Waals surface area (Å²) in [4.78, 5) is 24.3. The van der Waals surface area contributed by atoms with Crippen LogP contribution in [0.3, 0.4) is 0 Å². The van der Waals surface area contributed by atoms with Crippen molar-refractivity contribution in [3.8, 4) is 16.9 Å². The van der Waals surface area contributed by atoms with Crippen molar-refractivity contribution < 1.29 is 9.59 Å². The van der Waals surface area contributed by atoms with E-state index in [0.29, 0.717) is 17.9 Å². The summed E-state index contributed by atoms with van der Waals surface area (Å²) in [6.07, 6.45) is 0. The molecular weight excluding hydrogens is 328 g/mol. The van der Waals surface area contributed by atoms with Gasteiger partial charge in [0.15, 0.2) is 0 Å². The maximum atomic E-state index is 12.6. The molecule has 0 unspecified atom stereocenters. The van der Waals surface area contributed by atoms with Crippen LogP contribution in [-0.4, -0.2) is 34.7 Å². The van der Waals surface area contributed by atoms with Gasteiger partial charge in [0.1, 0.15) is 5.69 Å². The first-order valence-electron chi connectivity index (χ1n) is 8.45. The van der Waals surface area contributed by atoms with Gasteiger partial charge in [0.2, 0.25) is 5.91 Å². The fourth-order valence-electron chi connectivity index (χ4n) is 2.57. The van der Waals surface area contributed by atoms with Crippen LogP contribution in [0.2, 0.25) is 0 Å². The van der Waals surface area contributed by atoms with Crippen LogP contribution in [0, 0.1) is 0 Å². The molecule has 0 saturated carbocycles. The summed E-state index contributed by atoms with van der Waals surface area (Å²) in [7, 11) is 0. The molecule has 0 saturated heterocycles. The topological polar surface area (TPSA) is 76.0 Å². The third kappa shape index (κ3) is 3.97. The molecule has 2 N–H and O–H groups in total. The lowest BCUT2D eigenvalue weighted by molar-refractivity contribution is -0.120. The third-order valence-corrected chi connectivity index (χ3v) is 3.80. The van der Waals surface area contributed by atoms with Crippen LogP contribution in [-0.2, 0) is 4.79 Å². The predicted octanol–water partition coefficient (Wildman–Crippen LogP) is 2.41. The Morgan fingerprint density at radius 3 is 2.27 bits per heavy atom. The highest BCUT2D eigenvalue weighted by Gasteiger charge is 2.18. The number of likely N-dealkylation sites (N-methyl/N-ethyl adjacent to an activating group) is 1.